The second-order valence-electron chi connectivity index (χ2n) is 7.52. The molecule has 1 aromatic heterocycles. The maximum absolute atomic E-state index is 11.6. The summed E-state index contributed by atoms with van der Waals surface area (Å²) in [5.41, 5.74) is 3.07. The van der Waals surface area contributed by atoms with Gasteiger partial charge in [-0.2, -0.15) is 0 Å². The number of aryl methyl sites for hydroxylation is 1. The molecule has 2 atom stereocenters. The Morgan fingerprint density at radius 1 is 1.19 bits per heavy atom. The van der Waals surface area contributed by atoms with Crippen LogP contribution in [0.3, 0.4) is 0 Å². The molecule has 1 aliphatic heterocycles. The zero-order chi connectivity index (χ0) is 18.1. The largest absolute Gasteiger partial charge is 0.294 e. The van der Waals surface area contributed by atoms with Gasteiger partial charge >= 0.3 is 0 Å². The van der Waals surface area contributed by atoms with Crippen molar-refractivity contribution in [2.45, 2.75) is 61.4 Å². The van der Waals surface area contributed by atoms with E-state index in [1.54, 1.807) is 5.56 Å². The first-order valence-corrected chi connectivity index (χ1v) is 12.1. The number of sulfone groups is 1. The molecule has 0 amide bonds. The fourth-order valence-corrected chi connectivity index (χ4v) is 6.10. The highest BCUT2D eigenvalue weighted by atomic mass is 32.2. The molecule has 1 aliphatic carbocycles. The van der Waals surface area contributed by atoms with Gasteiger partial charge in [0.15, 0.2) is 0 Å². The quantitative estimate of drug-likeness (QED) is 0.781. The van der Waals surface area contributed by atoms with E-state index >= 15 is 0 Å². The molecule has 2 aliphatic rings. The van der Waals surface area contributed by atoms with Crippen LogP contribution in [-0.2, 0) is 22.8 Å². The Balaban J connectivity index is 1.45. The molecule has 1 fully saturated rings. The van der Waals surface area contributed by atoms with Gasteiger partial charge in [0.1, 0.15) is 5.01 Å². The summed E-state index contributed by atoms with van der Waals surface area (Å²) in [6, 6.07) is 9.45. The molecule has 7 heteroatoms. The van der Waals surface area contributed by atoms with Crippen molar-refractivity contribution in [3.8, 4) is 0 Å². The van der Waals surface area contributed by atoms with Crippen LogP contribution in [0.25, 0.3) is 0 Å². The number of aromatic nitrogens is 2. The Morgan fingerprint density at radius 2 is 2.04 bits per heavy atom. The third-order valence-electron chi connectivity index (χ3n) is 5.65. The second kappa shape index (κ2) is 7.37. The first-order chi connectivity index (χ1) is 12.5. The number of hydrogen-bond donors (Lipinski definition) is 0. The van der Waals surface area contributed by atoms with Crippen molar-refractivity contribution >= 4 is 21.2 Å². The molecular formula is C19H25N3O2S2. The van der Waals surface area contributed by atoms with E-state index in [4.69, 9.17) is 0 Å². The molecule has 26 heavy (non-hydrogen) atoms. The molecular weight excluding hydrogens is 366 g/mol. The van der Waals surface area contributed by atoms with Crippen LogP contribution in [0.2, 0.25) is 0 Å². The SMILES string of the molecule is CS(=O)(=O)c1nnc(CN2CCCC2CC2CCCc3ccccc32)s1. The summed E-state index contributed by atoms with van der Waals surface area (Å²) >= 11 is 1.21. The third-order valence-corrected chi connectivity index (χ3v) is 8.23. The molecule has 2 unspecified atom stereocenters. The molecule has 2 aromatic rings. The van der Waals surface area contributed by atoms with Gasteiger partial charge in [-0.3, -0.25) is 4.90 Å². The maximum atomic E-state index is 11.6. The van der Waals surface area contributed by atoms with Crippen LogP contribution in [0.15, 0.2) is 28.6 Å². The van der Waals surface area contributed by atoms with Crippen LogP contribution < -0.4 is 0 Å². The molecule has 0 N–H and O–H groups in total. The normalized spacial score (nSPS) is 23.9. The van der Waals surface area contributed by atoms with Crippen LogP contribution >= 0.6 is 11.3 Å². The van der Waals surface area contributed by atoms with Crippen LogP contribution in [0, 0.1) is 0 Å². The summed E-state index contributed by atoms with van der Waals surface area (Å²) in [6.45, 7) is 1.78. The van der Waals surface area contributed by atoms with E-state index in [1.165, 1.54) is 61.7 Å². The number of hydrogen-bond acceptors (Lipinski definition) is 6. The van der Waals surface area contributed by atoms with E-state index in [-0.39, 0.29) is 4.34 Å². The van der Waals surface area contributed by atoms with Gasteiger partial charge < -0.3 is 0 Å². The third kappa shape index (κ3) is 3.85. The van der Waals surface area contributed by atoms with Crippen LogP contribution in [0.5, 0.6) is 0 Å². The van der Waals surface area contributed by atoms with Gasteiger partial charge in [0.2, 0.25) is 14.2 Å². The molecule has 1 aromatic carbocycles. The Labute approximate surface area is 159 Å². The zero-order valence-electron chi connectivity index (χ0n) is 15.1. The van der Waals surface area contributed by atoms with E-state index < -0.39 is 9.84 Å². The van der Waals surface area contributed by atoms with Crippen molar-refractivity contribution in [3.63, 3.8) is 0 Å². The smallest absolute Gasteiger partial charge is 0.232 e. The lowest BCUT2D eigenvalue weighted by molar-refractivity contribution is 0.220. The Morgan fingerprint density at radius 3 is 2.85 bits per heavy atom. The second-order valence-corrected chi connectivity index (χ2v) is 10.8. The fourth-order valence-electron chi connectivity index (χ4n) is 4.42. The number of nitrogens with zero attached hydrogens (tertiary/aromatic N) is 3. The molecule has 5 nitrogen and oxygen atoms in total. The minimum Gasteiger partial charge on any atom is -0.294 e. The number of likely N-dealkylation sites (tertiary alicyclic amines) is 1. The molecule has 140 valence electrons. The molecule has 2 heterocycles. The van der Waals surface area contributed by atoms with Crippen molar-refractivity contribution in [2.24, 2.45) is 0 Å². The van der Waals surface area contributed by atoms with E-state index in [0.717, 1.165) is 11.6 Å². The molecule has 0 spiro atoms. The lowest BCUT2D eigenvalue weighted by Gasteiger charge is -2.31. The van der Waals surface area contributed by atoms with Gasteiger partial charge in [0, 0.05) is 12.3 Å². The van der Waals surface area contributed by atoms with Gasteiger partial charge in [-0.05, 0) is 62.1 Å². The maximum Gasteiger partial charge on any atom is 0.232 e. The molecule has 4 rings (SSSR count). The predicted molar refractivity (Wildman–Crippen MR) is 103 cm³/mol. The molecule has 0 radical (unpaired) electrons. The lowest BCUT2D eigenvalue weighted by atomic mass is 9.79. The summed E-state index contributed by atoms with van der Waals surface area (Å²) in [6.07, 6.45) is 8.57. The minimum absolute atomic E-state index is 0.129. The standard InChI is InChI=1S/C19H25N3O2S2/c1-26(23,24)19-21-20-18(25-19)13-22-11-5-9-16(22)12-15-8-4-7-14-6-2-3-10-17(14)15/h2-3,6,10,15-16H,4-5,7-9,11-13H2,1H3. The summed E-state index contributed by atoms with van der Waals surface area (Å²) < 4.78 is 23.4. The van der Waals surface area contributed by atoms with Gasteiger partial charge in [0.25, 0.3) is 0 Å². The Bertz CT molecular complexity index is 878. The van der Waals surface area contributed by atoms with Crippen molar-refractivity contribution < 1.29 is 8.42 Å². The topological polar surface area (TPSA) is 63.2 Å². The highest BCUT2D eigenvalue weighted by Crippen LogP contribution is 2.38. The highest BCUT2D eigenvalue weighted by molar-refractivity contribution is 7.92. The van der Waals surface area contributed by atoms with Gasteiger partial charge in [-0.25, -0.2) is 8.42 Å². The number of rotatable bonds is 5. The van der Waals surface area contributed by atoms with E-state index in [1.807, 2.05) is 0 Å². The van der Waals surface area contributed by atoms with E-state index in [9.17, 15) is 8.42 Å². The first kappa shape index (κ1) is 18.1. The Kier molecular flexibility index (Phi) is 5.12. The van der Waals surface area contributed by atoms with E-state index in [0.29, 0.717) is 18.5 Å². The average Bonchev–Trinajstić information content (AvgIpc) is 3.25. The van der Waals surface area contributed by atoms with E-state index in [2.05, 4.69) is 39.4 Å². The number of benzene rings is 1. The lowest BCUT2D eigenvalue weighted by Crippen LogP contribution is -2.31. The van der Waals surface area contributed by atoms with Gasteiger partial charge in [-0.15, -0.1) is 10.2 Å². The van der Waals surface area contributed by atoms with Gasteiger partial charge in [-0.1, -0.05) is 35.6 Å². The van der Waals surface area contributed by atoms with Crippen molar-refractivity contribution in [3.05, 3.63) is 40.4 Å². The van der Waals surface area contributed by atoms with Gasteiger partial charge in [0.05, 0.1) is 6.54 Å². The van der Waals surface area contributed by atoms with Crippen molar-refractivity contribution in [1.29, 1.82) is 0 Å². The predicted octanol–water partition coefficient (Wildman–Crippen LogP) is 3.42. The monoisotopic (exact) mass is 391 g/mol. The first-order valence-electron chi connectivity index (χ1n) is 9.35. The zero-order valence-corrected chi connectivity index (χ0v) is 16.7. The highest BCUT2D eigenvalue weighted by Gasteiger charge is 2.30. The molecule has 0 saturated carbocycles. The minimum atomic E-state index is -3.26. The number of fused-ring (bicyclic) bond motifs is 1. The summed E-state index contributed by atoms with van der Waals surface area (Å²) in [5.74, 6) is 0.645. The fraction of sp³-hybridized carbons (Fsp3) is 0.579. The van der Waals surface area contributed by atoms with Crippen molar-refractivity contribution in [1.82, 2.24) is 15.1 Å². The average molecular weight is 392 g/mol. The van der Waals surface area contributed by atoms with Crippen molar-refractivity contribution in [2.75, 3.05) is 12.8 Å². The van der Waals surface area contributed by atoms with Crippen LogP contribution in [0.4, 0.5) is 0 Å². The Hall–Kier alpha value is -1.31. The van der Waals surface area contributed by atoms with Crippen LogP contribution in [0.1, 0.15) is 54.2 Å². The summed E-state index contributed by atoms with van der Waals surface area (Å²) in [7, 11) is -3.26. The molecule has 1 saturated heterocycles. The van der Waals surface area contributed by atoms with Crippen LogP contribution in [-0.4, -0.2) is 42.4 Å². The summed E-state index contributed by atoms with van der Waals surface area (Å²) in [4.78, 5) is 2.48. The molecule has 0 bridgehead atoms. The summed E-state index contributed by atoms with van der Waals surface area (Å²) in [5, 5.41) is 8.77.